The number of unbranched alkanes of at least 4 members (excludes halogenated alkanes) is 10. The molecule has 1 aliphatic rings. The number of rotatable bonds is 19. The Kier molecular flexibility index (Phi) is 14.1. The van der Waals surface area contributed by atoms with E-state index in [1.807, 2.05) is 22.7 Å². The lowest BCUT2D eigenvalue weighted by Gasteiger charge is -2.31. The summed E-state index contributed by atoms with van der Waals surface area (Å²) in [5.74, 6) is 0. The molecule has 0 fully saturated rings. The Morgan fingerprint density at radius 2 is 0.908 bits per heavy atom. The number of thiophene rings is 2. The predicted molar refractivity (Wildman–Crippen MR) is 288 cm³/mol. The molecule has 5 heteroatoms. The Morgan fingerprint density at radius 3 is 1.45 bits per heavy atom. The van der Waals surface area contributed by atoms with Gasteiger partial charge in [0.2, 0.25) is 0 Å². The van der Waals surface area contributed by atoms with E-state index in [2.05, 4.69) is 163 Å². The summed E-state index contributed by atoms with van der Waals surface area (Å²) in [6.45, 7) is 13.7. The van der Waals surface area contributed by atoms with E-state index in [0.29, 0.717) is 0 Å². The molecule has 65 heavy (non-hydrogen) atoms. The highest BCUT2D eigenvalue weighted by atomic mass is 32.1. The minimum Gasteiger partial charge on any atom is -0.243 e. The first-order chi connectivity index (χ1) is 31.8. The molecule has 0 bridgehead atoms. The number of hydrogen-bond donors (Lipinski definition) is 0. The molecular weight excluding hydrogens is 841 g/mol. The molecule has 2 nitrogen and oxygen atoms in total. The fourth-order valence-electron chi connectivity index (χ4n) is 10.6. The van der Waals surface area contributed by atoms with Crippen LogP contribution in [0.1, 0.15) is 112 Å². The number of aromatic nitrogens is 2. The van der Waals surface area contributed by atoms with Crippen LogP contribution >= 0.6 is 22.7 Å². The number of nitrogens with zero attached hydrogens (tertiary/aromatic N) is 2. The minimum atomic E-state index is -2.04. The molecular formula is C60H66N2S2Si. The van der Waals surface area contributed by atoms with E-state index in [0.717, 1.165) is 44.7 Å². The van der Waals surface area contributed by atoms with E-state index in [4.69, 9.17) is 9.97 Å². The highest BCUT2D eigenvalue weighted by Crippen LogP contribution is 2.46. The van der Waals surface area contributed by atoms with Gasteiger partial charge < -0.3 is 0 Å². The Labute approximate surface area is 398 Å². The molecule has 0 unspecified atom stereocenters. The summed E-state index contributed by atoms with van der Waals surface area (Å²) < 4.78 is 0. The van der Waals surface area contributed by atoms with E-state index < -0.39 is 8.07 Å². The second-order valence-electron chi connectivity index (χ2n) is 18.9. The molecule has 8 aromatic rings. The lowest BCUT2D eigenvalue weighted by Crippen LogP contribution is -2.55. The normalized spacial score (nSPS) is 12.8. The largest absolute Gasteiger partial charge is 0.243 e. The van der Waals surface area contributed by atoms with Crippen molar-refractivity contribution in [1.82, 2.24) is 9.97 Å². The maximum Gasteiger partial charge on any atom is 0.119 e. The second kappa shape index (κ2) is 20.3. The number of fused-ring (bicyclic) bond motifs is 4. The van der Waals surface area contributed by atoms with Gasteiger partial charge in [-0.3, -0.25) is 0 Å². The van der Waals surface area contributed by atoms with Crippen LogP contribution in [-0.2, 0) is 0 Å². The zero-order chi connectivity index (χ0) is 44.9. The van der Waals surface area contributed by atoms with Crippen LogP contribution in [0.5, 0.6) is 0 Å². The monoisotopic (exact) mass is 906 g/mol. The maximum atomic E-state index is 5.68. The maximum absolute atomic E-state index is 5.68. The van der Waals surface area contributed by atoms with Gasteiger partial charge >= 0.3 is 0 Å². The van der Waals surface area contributed by atoms with Crippen molar-refractivity contribution in [3.63, 3.8) is 0 Å². The molecule has 4 heterocycles. The standard InChI is InChI=1S/C60H66N2S2Si/c1-7-9-11-13-15-23-35-65(36-24-16-14-12-10-8-2)54-37-41(3)29-31-48(54)49-32-30-47(40-55(49)65)60-43(5)39-53(64-60)51-34-33-50(52-38-42(4)44(6)63-52)58-59(51)62-57(46-27-21-18-22-28-46)56(61-58)45-25-19-17-20-26-45/h17-22,25-34,37-40H,7-16,23-24,35-36H2,1-6H3. The molecule has 0 amide bonds. The van der Waals surface area contributed by atoms with Crippen molar-refractivity contribution in [2.24, 2.45) is 0 Å². The number of benzene rings is 5. The fourth-order valence-corrected chi connectivity index (χ4v) is 18.5. The van der Waals surface area contributed by atoms with Crippen molar-refractivity contribution >= 4 is 52.2 Å². The molecule has 0 N–H and O–H groups in total. The van der Waals surface area contributed by atoms with Gasteiger partial charge in [0.1, 0.15) is 8.07 Å². The van der Waals surface area contributed by atoms with Crippen molar-refractivity contribution in [3.05, 3.63) is 143 Å². The smallest absolute Gasteiger partial charge is 0.119 e. The summed E-state index contributed by atoms with van der Waals surface area (Å²) in [6.07, 6.45) is 16.2. The zero-order valence-electron chi connectivity index (χ0n) is 39.7. The van der Waals surface area contributed by atoms with E-state index in [1.165, 1.54) is 142 Å². The van der Waals surface area contributed by atoms with Crippen molar-refractivity contribution in [1.29, 1.82) is 0 Å². The van der Waals surface area contributed by atoms with Gasteiger partial charge in [-0.1, -0.05) is 206 Å². The average Bonchev–Trinajstić information content (AvgIpc) is 3.97. The topological polar surface area (TPSA) is 25.8 Å². The van der Waals surface area contributed by atoms with Crippen LogP contribution in [-0.4, -0.2) is 18.0 Å². The Bertz CT molecular complexity index is 2870. The summed E-state index contributed by atoms with van der Waals surface area (Å²) in [5.41, 5.74) is 16.7. The fraction of sp³-hybridized carbons (Fsp3) is 0.333. The molecule has 0 atom stereocenters. The Hall–Kier alpha value is -4.94. The number of aryl methyl sites for hydroxylation is 4. The van der Waals surface area contributed by atoms with Crippen LogP contribution in [0.3, 0.4) is 0 Å². The van der Waals surface area contributed by atoms with E-state index in [-0.39, 0.29) is 0 Å². The molecule has 5 aromatic carbocycles. The van der Waals surface area contributed by atoms with Gasteiger partial charge in [-0.05, 0) is 90.1 Å². The minimum absolute atomic E-state index is 0.916. The molecule has 332 valence electrons. The molecule has 0 radical (unpaired) electrons. The molecule has 0 saturated heterocycles. The predicted octanol–water partition coefficient (Wildman–Crippen LogP) is 17.6. The van der Waals surface area contributed by atoms with Crippen LogP contribution in [0.2, 0.25) is 12.1 Å². The van der Waals surface area contributed by atoms with Crippen LogP contribution in [0.4, 0.5) is 0 Å². The zero-order valence-corrected chi connectivity index (χ0v) is 42.3. The SMILES string of the molecule is CCCCCCCC[Si]1(CCCCCCCC)c2cc(C)ccc2-c2ccc(-c3sc(-c4ccc(-c5cc(C)c(C)s5)c5nc(-c6ccccc6)c(-c6ccccc6)nc45)cc3C)cc21. The van der Waals surface area contributed by atoms with Gasteiger partial charge in [-0.2, -0.15) is 0 Å². The summed E-state index contributed by atoms with van der Waals surface area (Å²) in [5, 5.41) is 3.43. The Balaban J connectivity index is 1.17. The van der Waals surface area contributed by atoms with Crippen LogP contribution in [0.25, 0.3) is 76.0 Å². The lowest BCUT2D eigenvalue weighted by molar-refractivity contribution is 0.616. The van der Waals surface area contributed by atoms with Gasteiger partial charge in [0, 0.05) is 41.8 Å². The molecule has 3 aromatic heterocycles. The van der Waals surface area contributed by atoms with Gasteiger partial charge in [0.05, 0.1) is 22.4 Å². The third-order valence-corrected chi connectivity index (χ3v) is 22.0. The van der Waals surface area contributed by atoms with E-state index in [9.17, 15) is 0 Å². The first-order valence-corrected chi connectivity index (χ1v) is 28.7. The van der Waals surface area contributed by atoms with Gasteiger partial charge in [0.15, 0.2) is 0 Å². The van der Waals surface area contributed by atoms with Gasteiger partial charge in [-0.15, -0.1) is 22.7 Å². The molecule has 9 rings (SSSR count). The van der Waals surface area contributed by atoms with E-state index >= 15 is 0 Å². The third kappa shape index (κ3) is 9.26. The molecule has 0 saturated carbocycles. The van der Waals surface area contributed by atoms with E-state index in [1.54, 1.807) is 10.4 Å². The van der Waals surface area contributed by atoms with Crippen LogP contribution in [0, 0.1) is 27.7 Å². The van der Waals surface area contributed by atoms with Crippen LogP contribution in [0.15, 0.2) is 121 Å². The quantitative estimate of drug-likeness (QED) is 0.0597. The van der Waals surface area contributed by atoms with Gasteiger partial charge in [-0.25, -0.2) is 9.97 Å². The summed E-state index contributed by atoms with van der Waals surface area (Å²) in [6, 6.07) is 48.4. The third-order valence-electron chi connectivity index (χ3n) is 14.2. The van der Waals surface area contributed by atoms with Crippen molar-refractivity contribution in [2.75, 3.05) is 0 Å². The average molecular weight is 907 g/mol. The highest BCUT2D eigenvalue weighted by molar-refractivity contribution is 7.19. The number of hydrogen-bond acceptors (Lipinski definition) is 4. The Morgan fingerprint density at radius 1 is 0.431 bits per heavy atom. The summed E-state index contributed by atoms with van der Waals surface area (Å²) in [4.78, 5) is 16.5. The molecule has 0 spiro atoms. The first kappa shape index (κ1) is 45.2. The highest BCUT2D eigenvalue weighted by Gasteiger charge is 2.44. The van der Waals surface area contributed by atoms with Crippen LogP contribution < -0.4 is 10.4 Å². The first-order valence-electron chi connectivity index (χ1n) is 24.7. The lowest BCUT2D eigenvalue weighted by atomic mass is 10.00. The van der Waals surface area contributed by atoms with Crippen molar-refractivity contribution < 1.29 is 0 Å². The second-order valence-corrected chi connectivity index (χ2v) is 25.5. The van der Waals surface area contributed by atoms with Gasteiger partial charge in [0.25, 0.3) is 0 Å². The van der Waals surface area contributed by atoms with Crippen molar-refractivity contribution in [2.45, 2.75) is 131 Å². The summed E-state index contributed by atoms with van der Waals surface area (Å²) in [7, 11) is -2.04. The molecule has 1 aliphatic heterocycles. The summed E-state index contributed by atoms with van der Waals surface area (Å²) >= 11 is 3.78. The molecule has 0 aliphatic carbocycles. The van der Waals surface area contributed by atoms with Crippen molar-refractivity contribution in [3.8, 4) is 65.0 Å².